The summed E-state index contributed by atoms with van der Waals surface area (Å²) in [7, 11) is 0. The molecule has 0 aliphatic heterocycles. The van der Waals surface area contributed by atoms with Crippen LogP contribution < -0.4 is 16.1 Å². The van der Waals surface area contributed by atoms with Gasteiger partial charge in [0.25, 0.3) is 5.91 Å². The predicted octanol–water partition coefficient (Wildman–Crippen LogP) is 1.66. The van der Waals surface area contributed by atoms with Gasteiger partial charge in [0.1, 0.15) is 11.3 Å². The van der Waals surface area contributed by atoms with Crippen molar-refractivity contribution >= 4 is 16.9 Å². The molecule has 0 radical (unpaired) electrons. The number of hydrogen-bond acceptors (Lipinski definition) is 4. The van der Waals surface area contributed by atoms with E-state index >= 15 is 0 Å². The van der Waals surface area contributed by atoms with Crippen molar-refractivity contribution < 1.29 is 13.9 Å². The van der Waals surface area contributed by atoms with E-state index in [1.54, 1.807) is 19.1 Å². The molecule has 0 unspecified atom stereocenters. The quantitative estimate of drug-likeness (QED) is 0.852. The second kappa shape index (κ2) is 4.76. The number of hydrogen-bond donors (Lipinski definition) is 1. The number of ether oxygens (including phenoxy) is 1. The third-order valence-electron chi connectivity index (χ3n) is 2.95. The zero-order valence-electron chi connectivity index (χ0n) is 11.0. The minimum atomic E-state index is -0.716. The number of primary amides is 1. The molecule has 1 atom stereocenters. The van der Waals surface area contributed by atoms with E-state index in [9.17, 15) is 9.59 Å². The van der Waals surface area contributed by atoms with Gasteiger partial charge in [0.05, 0.1) is 0 Å². The molecule has 1 heterocycles. The zero-order chi connectivity index (χ0) is 14.2. The Balaban J connectivity index is 2.55. The summed E-state index contributed by atoms with van der Waals surface area (Å²) < 4.78 is 10.6. The first-order chi connectivity index (χ1) is 8.88. The smallest absolute Gasteiger partial charge is 0.336 e. The van der Waals surface area contributed by atoms with Gasteiger partial charge in [0.2, 0.25) is 0 Å². The maximum atomic E-state index is 11.3. The van der Waals surface area contributed by atoms with Gasteiger partial charge in [-0.25, -0.2) is 4.79 Å². The Morgan fingerprint density at radius 2 is 1.95 bits per heavy atom. The van der Waals surface area contributed by atoms with Crippen molar-refractivity contribution in [1.29, 1.82) is 0 Å². The highest BCUT2D eigenvalue weighted by Crippen LogP contribution is 2.27. The first-order valence-electron chi connectivity index (χ1n) is 5.89. The normalized spacial score (nSPS) is 12.4. The number of carbonyl (C=O) groups excluding carboxylic acids is 1. The molecule has 2 aromatic rings. The maximum Gasteiger partial charge on any atom is 0.336 e. The lowest BCUT2D eigenvalue weighted by Gasteiger charge is -2.14. The Bertz CT molecular complexity index is 702. The average Bonchev–Trinajstić information content (AvgIpc) is 2.30. The fraction of sp³-hybridized carbons (Fsp3) is 0.286. The van der Waals surface area contributed by atoms with E-state index in [4.69, 9.17) is 14.9 Å². The van der Waals surface area contributed by atoms with Gasteiger partial charge >= 0.3 is 5.63 Å². The van der Waals surface area contributed by atoms with Gasteiger partial charge in [-0.1, -0.05) is 0 Å². The van der Waals surface area contributed by atoms with Crippen molar-refractivity contribution in [3.63, 3.8) is 0 Å². The second-order valence-corrected chi connectivity index (χ2v) is 4.52. The maximum absolute atomic E-state index is 11.3. The number of amides is 1. The molecule has 1 amide bonds. The Morgan fingerprint density at radius 1 is 1.26 bits per heavy atom. The van der Waals surface area contributed by atoms with Crippen molar-refractivity contribution in [2.45, 2.75) is 26.9 Å². The highest BCUT2D eigenvalue weighted by atomic mass is 16.5. The fourth-order valence-corrected chi connectivity index (χ4v) is 1.82. The minimum absolute atomic E-state index is 0.386. The predicted molar refractivity (Wildman–Crippen MR) is 71.2 cm³/mol. The molecule has 0 spiro atoms. The summed E-state index contributed by atoms with van der Waals surface area (Å²) in [6, 6.07) is 4.88. The monoisotopic (exact) mass is 261 g/mol. The highest BCUT2D eigenvalue weighted by molar-refractivity contribution is 5.83. The largest absolute Gasteiger partial charge is 0.481 e. The summed E-state index contributed by atoms with van der Waals surface area (Å²) in [4.78, 5) is 22.3. The molecule has 0 bridgehead atoms. The Labute approximate surface area is 110 Å². The van der Waals surface area contributed by atoms with E-state index in [1.165, 1.54) is 6.07 Å². The summed E-state index contributed by atoms with van der Waals surface area (Å²) in [6.45, 7) is 5.21. The molecule has 5 heteroatoms. The van der Waals surface area contributed by atoms with Crippen molar-refractivity contribution in [1.82, 2.24) is 0 Å². The Morgan fingerprint density at radius 3 is 2.58 bits per heavy atom. The molecule has 100 valence electrons. The summed E-state index contributed by atoms with van der Waals surface area (Å²) in [5, 5.41) is 0.775. The van der Waals surface area contributed by atoms with Crippen LogP contribution in [-0.2, 0) is 4.79 Å². The molecule has 1 aromatic carbocycles. The van der Waals surface area contributed by atoms with Crippen LogP contribution in [0.25, 0.3) is 11.0 Å². The van der Waals surface area contributed by atoms with Crippen LogP contribution in [0.15, 0.2) is 27.4 Å². The van der Waals surface area contributed by atoms with Gasteiger partial charge < -0.3 is 14.9 Å². The topological polar surface area (TPSA) is 82.5 Å². The van der Waals surface area contributed by atoms with Crippen LogP contribution >= 0.6 is 0 Å². The van der Waals surface area contributed by atoms with E-state index in [1.807, 2.05) is 13.8 Å². The van der Waals surface area contributed by atoms with Crippen molar-refractivity contribution in [2.24, 2.45) is 5.73 Å². The van der Waals surface area contributed by atoms with Crippen molar-refractivity contribution in [2.75, 3.05) is 0 Å². The van der Waals surface area contributed by atoms with Crippen LogP contribution in [0.5, 0.6) is 5.75 Å². The molecular weight excluding hydrogens is 246 g/mol. The first-order valence-corrected chi connectivity index (χ1v) is 5.89. The molecule has 0 fully saturated rings. The molecule has 5 nitrogen and oxygen atoms in total. The first kappa shape index (κ1) is 13.1. The van der Waals surface area contributed by atoms with E-state index in [2.05, 4.69) is 0 Å². The van der Waals surface area contributed by atoms with Crippen LogP contribution in [-0.4, -0.2) is 12.0 Å². The second-order valence-electron chi connectivity index (χ2n) is 4.52. The van der Waals surface area contributed by atoms with Gasteiger partial charge in [0, 0.05) is 11.5 Å². The lowest BCUT2D eigenvalue weighted by atomic mass is 10.1. The van der Waals surface area contributed by atoms with Gasteiger partial charge in [-0.3, -0.25) is 4.79 Å². The van der Waals surface area contributed by atoms with Crippen LogP contribution in [0.1, 0.15) is 18.1 Å². The van der Waals surface area contributed by atoms with Crippen LogP contribution in [0.3, 0.4) is 0 Å². The molecule has 0 saturated carbocycles. The van der Waals surface area contributed by atoms with E-state index in [-0.39, 0.29) is 5.63 Å². The Hall–Kier alpha value is -2.30. The summed E-state index contributed by atoms with van der Waals surface area (Å²) in [6.07, 6.45) is -0.716. The zero-order valence-corrected chi connectivity index (χ0v) is 11.0. The molecule has 2 rings (SSSR count). The van der Waals surface area contributed by atoms with E-state index in [0.29, 0.717) is 11.3 Å². The standard InChI is InChI=1S/C14H15NO4/c1-7-5-13(16)19-12-4-8(2)11(6-10(7)12)18-9(3)14(15)17/h4-6,9H,1-3H3,(H2,15,17)/t9-/m0/s1. The van der Waals surface area contributed by atoms with Gasteiger partial charge in [-0.15, -0.1) is 0 Å². The van der Waals surface area contributed by atoms with Gasteiger partial charge in [0.15, 0.2) is 6.10 Å². The molecule has 0 saturated heterocycles. The molecule has 2 N–H and O–H groups in total. The summed E-state index contributed by atoms with van der Waals surface area (Å²) >= 11 is 0. The molecule has 0 aliphatic carbocycles. The number of nitrogens with two attached hydrogens (primary N) is 1. The molecule has 19 heavy (non-hydrogen) atoms. The highest BCUT2D eigenvalue weighted by Gasteiger charge is 2.13. The lowest BCUT2D eigenvalue weighted by molar-refractivity contribution is -0.123. The number of fused-ring (bicyclic) bond motifs is 1. The molecule has 0 aliphatic rings. The number of aryl methyl sites for hydroxylation is 2. The fourth-order valence-electron chi connectivity index (χ4n) is 1.82. The third-order valence-corrected chi connectivity index (χ3v) is 2.95. The Kier molecular flexibility index (Phi) is 3.29. The number of benzene rings is 1. The van der Waals surface area contributed by atoms with Crippen molar-refractivity contribution in [3.05, 3.63) is 39.7 Å². The van der Waals surface area contributed by atoms with Gasteiger partial charge in [-0.05, 0) is 44.0 Å². The van der Waals surface area contributed by atoms with E-state index < -0.39 is 12.0 Å². The third kappa shape index (κ3) is 2.59. The van der Waals surface area contributed by atoms with Crippen LogP contribution in [0.2, 0.25) is 0 Å². The summed E-state index contributed by atoms with van der Waals surface area (Å²) in [5.41, 5.74) is 6.86. The van der Waals surface area contributed by atoms with Crippen LogP contribution in [0, 0.1) is 13.8 Å². The van der Waals surface area contributed by atoms with Gasteiger partial charge in [-0.2, -0.15) is 0 Å². The minimum Gasteiger partial charge on any atom is -0.481 e. The number of carbonyl (C=O) groups is 1. The lowest BCUT2D eigenvalue weighted by Crippen LogP contribution is -2.30. The molecular formula is C14H15NO4. The average molecular weight is 261 g/mol. The van der Waals surface area contributed by atoms with Crippen molar-refractivity contribution in [3.8, 4) is 5.75 Å². The molecule has 1 aromatic heterocycles. The SMILES string of the molecule is Cc1cc2oc(=O)cc(C)c2cc1O[C@@H](C)C(N)=O. The van der Waals surface area contributed by atoms with E-state index in [0.717, 1.165) is 16.5 Å². The summed E-state index contributed by atoms with van der Waals surface area (Å²) in [5.74, 6) is 0.0200. The van der Waals surface area contributed by atoms with Crippen LogP contribution in [0.4, 0.5) is 0 Å². The number of rotatable bonds is 3.